The zero-order valence-electron chi connectivity index (χ0n) is 7.79. The fourth-order valence-corrected chi connectivity index (χ4v) is 1.18. The van der Waals surface area contributed by atoms with Gasteiger partial charge in [0.05, 0.1) is 5.56 Å². The molecule has 0 aliphatic heterocycles. The number of aromatic hydroxyl groups is 1. The fourth-order valence-electron chi connectivity index (χ4n) is 1.18. The summed E-state index contributed by atoms with van der Waals surface area (Å²) in [5.41, 5.74) is 5.99. The maximum absolute atomic E-state index is 13.0. The van der Waals surface area contributed by atoms with E-state index >= 15 is 0 Å². The molecule has 1 atom stereocenters. The Hall–Kier alpha value is -1.60. The molecular formula is C10H11FN2O. The molecule has 3 N–H and O–H groups in total. The first-order valence-electron chi connectivity index (χ1n) is 4.28. The highest BCUT2D eigenvalue weighted by atomic mass is 19.1. The highest BCUT2D eigenvalue weighted by Crippen LogP contribution is 2.27. The van der Waals surface area contributed by atoms with Gasteiger partial charge in [-0.25, -0.2) is 4.39 Å². The minimum atomic E-state index is -0.725. The molecule has 0 bridgehead atoms. The van der Waals surface area contributed by atoms with E-state index in [1.165, 1.54) is 6.07 Å². The zero-order valence-corrected chi connectivity index (χ0v) is 7.79. The second-order valence-electron chi connectivity index (χ2n) is 3.02. The fraction of sp³-hybridized carbons (Fsp3) is 0.300. The summed E-state index contributed by atoms with van der Waals surface area (Å²) in [5.74, 6) is -0.923. The van der Waals surface area contributed by atoms with Crippen LogP contribution in [0, 0.1) is 17.1 Å². The quantitative estimate of drug-likeness (QED) is 0.754. The summed E-state index contributed by atoms with van der Waals surface area (Å²) in [6, 6.07) is 3.54. The van der Waals surface area contributed by atoms with E-state index in [-0.39, 0.29) is 17.4 Å². The predicted molar refractivity (Wildman–Crippen MR) is 50.0 cm³/mol. The topological polar surface area (TPSA) is 70.0 Å². The van der Waals surface area contributed by atoms with Gasteiger partial charge in [-0.1, -0.05) is 6.92 Å². The van der Waals surface area contributed by atoms with Crippen molar-refractivity contribution in [2.24, 2.45) is 5.73 Å². The molecule has 0 unspecified atom stereocenters. The van der Waals surface area contributed by atoms with E-state index in [0.717, 1.165) is 6.07 Å². The first-order chi connectivity index (χ1) is 6.60. The number of nitrogens with zero attached hydrogens (tertiary/aromatic N) is 1. The van der Waals surface area contributed by atoms with Gasteiger partial charge in [0.25, 0.3) is 0 Å². The maximum atomic E-state index is 13.0. The van der Waals surface area contributed by atoms with Gasteiger partial charge in [0, 0.05) is 17.7 Å². The Morgan fingerprint density at radius 3 is 2.79 bits per heavy atom. The number of phenolic OH excluding ortho intramolecular Hbond substituents is 1. The molecule has 0 aliphatic carbocycles. The number of nitrogens with two attached hydrogens (primary N) is 1. The Morgan fingerprint density at radius 2 is 2.29 bits per heavy atom. The van der Waals surface area contributed by atoms with Crippen LogP contribution in [0.2, 0.25) is 0 Å². The van der Waals surface area contributed by atoms with Gasteiger partial charge in [0.2, 0.25) is 0 Å². The number of hydrogen-bond donors (Lipinski definition) is 2. The number of benzene rings is 1. The Balaban J connectivity index is 3.26. The molecule has 0 saturated heterocycles. The van der Waals surface area contributed by atoms with E-state index in [0.29, 0.717) is 12.0 Å². The predicted octanol–water partition coefficient (Wildman–Crippen LogP) is 1.81. The van der Waals surface area contributed by atoms with E-state index in [2.05, 4.69) is 0 Å². The number of phenols is 1. The number of rotatable bonds is 2. The summed E-state index contributed by atoms with van der Waals surface area (Å²) in [4.78, 5) is 0. The normalized spacial score (nSPS) is 12.1. The molecule has 1 aromatic rings. The van der Waals surface area contributed by atoms with E-state index in [1.807, 2.05) is 6.92 Å². The van der Waals surface area contributed by atoms with Gasteiger partial charge < -0.3 is 10.8 Å². The van der Waals surface area contributed by atoms with Gasteiger partial charge in [0.1, 0.15) is 17.6 Å². The van der Waals surface area contributed by atoms with E-state index in [1.54, 1.807) is 6.07 Å². The largest absolute Gasteiger partial charge is 0.508 e. The first-order valence-corrected chi connectivity index (χ1v) is 4.28. The van der Waals surface area contributed by atoms with Crippen LogP contribution in [0.1, 0.15) is 30.5 Å². The lowest BCUT2D eigenvalue weighted by Crippen LogP contribution is -2.09. The van der Waals surface area contributed by atoms with Crippen LogP contribution in [0.4, 0.5) is 4.39 Å². The molecule has 4 heteroatoms. The molecule has 0 aromatic heterocycles. The summed E-state index contributed by atoms with van der Waals surface area (Å²) in [6.07, 6.45) is 0.615. The van der Waals surface area contributed by atoms with Crippen LogP contribution in [-0.2, 0) is 0 Å². The van der Waals surface area contributed by atoms with Gasteiger partial charge in [-0.15, -0.1) is 0 Å². The standard InChI is InChI=1S/C10H11FN2O/c1-2-9(13)7-3-6(5-12)8(11)4-10(7)14/h3-4,9,14H,2,13H2,1H3/t9-/m1/s1. The van der Waals surface area contributed by atoms with Crippen molar-refractivity contribution in [1.29, 1.82) is 5.26 Å². The minimum absolute atomic E-state index is 0.0956. The lowest BCUT2D eigenvalue weighted by atomic mass is 10.0. The Bertz CT molecular complexity index is 384. The van der Waals surface area contributed by atoms with Crippen molar-refractivity contribution in [2.45, 2.75) is 19.4 Å². The monoisotopic (exact) mass is 194 g/mol. The smallest absolute Gasteiger partial charge is 0.144 e. The second-order valence-corrected chi connectivity index (χ2v) is 3.02. The van der Waals surface area contributed by atoms with Crippen molar-refractivity contribution in [3.05, 3.63) is 29.1 Å². The molecule has 0 fully saturated rings. The molecule has 1 rings (SSSR count). The van der Waals surface area contributed by atoms with Crippen molar-refractivity contribution >= 4 is 0 Å². The van der Waals surface area contributed by atoms with Gasteiger partial charge in [-0.2, -0.15) is 5.26 Å². The molecule has 0 spiro atoms. The van der Waals surface area contributed by atoms with Crippen molar-refractivity contribution in [1.82, 2.24) is 0 Å². The van der Waals surface area contributed by atoms with E-state index in [4.69, 9.17) is 11.0 Å². The first kappa shape index (κ1) is 10.5. The SMILES string of the molecule is CC[C@@H](N)c1cc(C#N)c(F)cc1O. The summed E-state index contributed by atoms with van der Waals surface area (Å²) in [5, 5.41) is 18.0. The molecule has 3 nitrogen and oxygen atoms in total. The third-order valence-electron chi connectivity index (χ3n) is 2.08. The molecular weight excluding hydrogens is 183 g/mol. The van der Waals surface area contributed by atoms with Crippen LogP contribution >= 0.6 is 0 Å². The second kappa shape index (κ2) is 4.07. The zero-order chi connectivity index (χ0) is 10.7. The lowest BCUT2D eigenvalue weighted by Gasteiger charge is -2.11. The van der Waals surface area contributed by atoms with Gasteiger partial charge in [-0.05, 0) is 12.5 Å². The van der Waals surface area contributed by atoms with Gasteiger partial charge in [-0.3, -0.25) is 0 Å². The van der Waals surface area contributed by atoms with Crippen LogP contribution in [0.15, 0.2) is 12.1 Å². The molecule has 0 amide bonds. The average Bonchev–Trinajstić information content (AvgIpc) is 2.17. The van der Waals surface area contributed by atoms with Gasteiger partial charge in [0.15, 0.2) is 0 Å². The molecule has 0 aliphatic rings. The molecule has 14 heavy (non-hydrogen) atoms. The Morgan fingerprint density at radius 1 is 1.64 bits per heavy atom. The minimum Gasteiger partial charge on any atom is -0.508 e. The van der Waals surface area contributed by atoms with Crippen molar-refractivity contribution in [3.63, 3.8) is 0 Å². The van der Waals surface area contributed by atoms with Crippen LogP contribution in [-0.4, -0.2) is 5.11 Å². The lowest BCUT2D eigenvalue weighted by molar-refractivity contribution is 0.454. The van der Waals surface area contributed by atoms with Crippen LogP contribution in [0.3, 0.4) is 0 Å². The molecule has 74 valence electrons. The number of nitriles is 1. The van der Waals surface area contributed by atoms with E-state index in [9.17, 15) is 9.50 Å². The van der Waals surface area contributed by atoms with E-state index < -0.39 is 5.82 Å². The Kier molecular flexibility index (Phi) is 3.05. The average molecular weight is 194 g/mol. The molecule has 1 aromatic carbocycles. The third kappa shape index (κ3) is 1.83. The highest BCUT2D eigenvalue weighted by Gasteiger charge is 2.13. The molecule has 0 saturated carbocycles. The number of hydrogen-bond acceptors (Lipinski definition) is 3. The summed E-state index contributed by atoms with van der Waals surface area (Å²) >= 11 is 0. The molecule has 0 radical (unpaired) electrons. The number of halogens is 1. The maximum Gasteiger partial charge on any atom is 0.144 e. The summed E-state index contributed by atoms with van der Waals surface area (Å²) in [6.45, 7) is 1.85. The highest BCUT2D eigenvalue weighted by molar-refractivity contribution is 5.43. The van der Waals surface area contributed by atoms with Crippen LogP contribution < -0.4 is 5.73 Å². The van der Waals surface area contributed by atoms with Crippen LogP contribution in [0.5, 0.6) is 5.75 Å². The van der Waals surface area contributed by atoms with Crippen LogP contribution in [0.25, 0.3) is 0 Å². The molecule has 0 heterocycles. The van der Waals surface area contributed by atoms with Gasteiger partial charge >= 0.3 is 0 Å². The third-order valence-corrected chi connectivity index (χ3v) is 2.08. The Labute approximate surface area is 81.6 Å². The summed E-state index contributed by atoms with van der Waals surface area (Å²) < 4.78 is 13.0. The van der Waals surface area contributed by atoms with Crippen molar-refractivity contribution in [2.75, 3.05) is 0 Å². The van der Waals surface area contributed by atoms with Crippen molar-refractivity contribution < 1.29 is 9.50 Å². The van der Waals surface area contributed by atoms with Crippen molar-refractivity contribution in [3.8, 4) is 11.8 Å². The summed E-state index contributed by atoms with van der Waals surface area (Å²) in [7, 11) is 0.